The van der Waals surface area contributed by atoms with Gasteiger partial charge in [-0.05, 0) is 25.8 Å². The third kappa shape index (κ3) is 7.79. The van der Waals surface area contributed by atoms with Gasteiger partial charge in [0.2, 0.25) is 5.89 Å². The predicted octanol–water partition coefficient (Wildman–Crippen LogP) is 2.19. The van der Waals surface area contributed by atoms with Gasteiger partial charge in [-0.1, -0.05) is 25.4 Å². The number of unbranched alkanes of at least 4 members (excludes halogenated alkanes) is 1. The molecule has 0 atom stereocenters. The summed E-state index contributed by atoms with van der Waals surface area (Å²) in [7, 11) is 0. The molecular weight excluding hydrogens is 244 g/mol. The quantitative estimate of drug-likeness (QED) is 0.567. The molecule has 0 unspecified atom stereocenters. The second-order valence-electron chi connectivity index (χ2n) is 4.42. The maximum absolute atomic E-state index is 5.47. The molecule has 0 aliphatic carbocycles. The summed E-state index contributed by atoms with van der Waals surface area (Å²) in [5, 5.41) is 14.2. The Morgan fingerprint density at radius 3 is 2.68 bits per heavy atom. The monoisotopic (exact) mass is 270 g/mol. The lowest BCUT2D eigenvalue weighted by atomic mass is 10.4. The molecule has 0 amide bonds. The van der Waals surface area contributed by atoms with E-state index in [0.717, 1.165) is 45.6 Å². The van der Waals surface area contributed by atoms with Crippen molar-refractivity contribution < 1.29 is 9.15 Å². The van der Waals surface area contributed by atoms with Crippen LogP contribution < -0.4 is 10.6 Å². The Labute approximate surface area is 115 Å². The van der Waals surface area contributed by atoms with Gasteiger partial charge in [-0.25, -0.2) is 0 Å². The van der Waals surface area contributed by atoms with Gasteiger partial charge < -0.3 is 19.8 Å². The van der Waals surface area contributed by atoms with Gasteiger partial charge in [-0.15, -0.1) is 5.10 Å². The molecule has 0 spiro atoms. The van der Waals surface area contributed by atoms with E-state index in [-0.39, 0.29) is 0 Å². The van der Waals surface area contributed by atoms with Crippen molar-refractivity contribution in [2.75, 3.05) is 31.6 Å². The fourth-order valence-electron chi connectivity index (χ4n) is 1.49. The van der Waals surface area contributed by atoms with E-state index >= 15 is 0 Å². The van der Waals surface area contributed by atoms with Gasteiger partial charge in [-0.3, -0.25) is 0 Å². The highest BCUT2D eigenvalue weighted by Gasteiger charge is 2.04. The van der Waals surface area contributed by atoms with Gasteiger partial charge in [0.1, 0.15) is 0 Å². The number of aromatic nitrogens is 2. The summed E-state index contributed by atoms with van der Waals surface area (Å²) >= 11 is 0. The minimum absolute atomic E-state index is 0.488. The Morgan fingerprint density at radius 1 is 1.05 bits per heavy atom. The molecule has 0 fully saturated rings. The van der Waals surface area contributed by atoms with Gasteiger partial charge in [0, 0.05) is 19.8 Å². The van der Waals surface area contributed by atoms with Crippen molar-refractivity contribution in [2.45, 2.75) is 46.1 Å². The lowest BCUT2D eigenvalue weighted by Crippen LogP contribution is -2.13. The van der Waals surface area contributed by atoms with Crippen molar-refractivity contribution in [2.24, 2.45) is 0 Å². The minimum atomic E-state index is 0.488. The van der Waals surface area contributed by atoms with Gasteiger partial charge in [0.25, 0.3) is 0 Å². The van der Waals surface area contributed by atoms with Crippen LogP contribution in [0.4, 0.5) is 6.01 Å². The molecule has 0 saturated heterocycles. The summed E-state index contributed by atoms with van der Waals surface area (Å²) in [5.74, 6) is 0.621. The Balaban J connectivity index is 2.03. The van der Waals surface area contributed by atoms with Crippen LogP contribution in [0.1, 0.15) is 45.4 Å². The molecule has 0 aliphatic rings. The molecule has 1 rings (SSSR count). The van der Waals surface area contributed by atoms with E-state index < -0.39 is 0 Å². The molecule has 1 aromatic heterocycles. The number of hydrogen-bond donors (Lipinski definition) is 2. The van der Waals surface area contributed by atoms with Gasteiger partial charge in [-0.2, -0.15) is 0 Å². The fourth-order valence-corrected chi connectivity index (χ4v) is 1.49. The third-order valence-corrected chi connectivity index (χ3v) is 2.55. The van der Waals surface area contributed by atoms with Crippen molar-refractivity contribution in [3.05, 3.63) is 5.89 Å². The smallest absolute Gasteiger partial charge is 0.315 e. The summed E-state index contributed by atoms with van der Waals surface area (Å²) < 4.78 is 10.9. The SMILES string of the molecule is CCCCOCCCNc1nnc(CNCCC)o1. The first kappa shape index (κ1) is 15.9. The maximum atomic E-state index is 5.47. The van der Waals surface area contributed by atoms with Crippen molar-refractivity contribution in [1.29, 1.82) is 0 Å². The summed E-state index contributed by atoms with van der Waals surface area (Å²) in [6, 6.07) is 0.488. The van der Waals surface area contributed by atoms with E-state index in [4.69, 9.17) is 9.15 Å². The van der Waals surface area contributed by atoms with Crippen LogP contribution in [-0.2, 0) is 11.3 Å². The van der Waals surface area contributed by atoms with Crippen LogP contribution in [0.5, 0.6) is 0 Å². The molecule has 110 valence electrons. The molecule has 2 N–H and O–H groups in total. The van der Waals surface area contributed by atoms with E-state index in [9.17, 15) is 0 Å². The zero-order valence-corrected chi connectivity index (χ0v) is 12.1. The second kappa shape index (κ2) is 10.8. The van der Waals surface area contributed by atoms with Crippen molar-refractivity contribution in [3.8, 4) is 0 Å². The highest BCUT2D eigenvalue weighted by atomic mass is 16.5. The number of anilines is 1. The van der Waals surface area contributed by atoms with E-state index in [2.05, 4.69) is 34.7 Å². The molecule has 0 aliphatic heterocycles. The predicted molar refractivity (Wildman–Crippen MR) is 75.1 cm³/mol. The molecule has 1 heterocycles. The van der Waals surface area contributed by atoms with E-state index in [1.165, 1.54) is 6.42 Å². The fraction of sp³-hybridized carbons (Fsp3) is 0.846. The molecule has 1 aromatic rings. The lowest BCUT2D eigenvalue weighted by Gasteiger charge is -2.03. The average molecular weight is 270 g/mol. The van der Waals surface area contributed by atoms with E-state index in [1.54, 1.807) is 0 Å². The Kier molecular flexibility index (Phi) is 9.01. The molecule has 0 radical (unpaired) electrons. The number of rotatable bonds is 12. The second-order valence-corrected chi connectivity index (χ2v) is 4.42. The van der Waals surface area contributed by atoms with Crippen molar-refractivity contribution in [1.82, 2.24) is 15.5 Å². The first-order chi connectivity index (χ1) is 9.36. The zero-order valence-electron chi connectivity index (χ0n) is 12.1. The summed E-state index contributed by atoms with van der Waals surface area (Å²) in [6.07, 6.45) is 4.34. The first-order valence-corrected chi connectivity index (χ1v) is 7.21. The van der Waals surface area contributed by atoms with Crippen molar-refractivity contribution in [3.63, 3.8) is 0 Å². The Bertz CT molecular complexity index is 317. The molecule has 0 saturated carbocycles. The maximum Gasteiger partial charge on any atom is 0.315 e. The van der Waals surface area contributed by atoms with E-state index in [0.29, 0.717) is 18.5 Å². The highest BCUT2D eigenvalue weighted by molar-refractivity contribution is 5.16. The first-order valence-electron chi connectivity index (χ1n) is 7.21. The summed E-state index contributed by atoms with van der Waals surface area (Å²) in [4.78, 5) is 0. The standard InChI is InChI=1S/C13H26N4O2/c1-3-5-9-18-10-6-8-15-13-17-16-12(19-13)11-14-7-4-2/h14H,3-11H2,1-2H3,(H,15,17). The van der Waals surface area contributed by atoms with Crippen molar-refractivity contribution >= 4 is 6.01 Å². The molecule has 6 nitrogen and oxygen atoms in total. The zero-order chi connectivity index (χ0) is 13.8. The minimum Gasteiger partial charge on any atom is -0.407 e. The van der Waals surface area contributed by atoms with Crippen LogP contribution in [0, 0.1) is 0 Å². The normalized spacial score (nSPS) is 10.8. The van der Waals surface area contributed by atoms with Crippen LogP contribution in [-0.4, -0.2) is 36.5 Å². The topological polar surface area (TPSA) is 72.2 Å². The average Bonchev–Trinajstić information content (AvgIpc) is 2.86. The molecule has 19 heavy (non-hydrogen) atoms. The molecule has 0 aromatic carbocycles. The number of ether oxygens (including phenoxy) is 1. The highest BCUT2D eigenvalue weighted by Crippen LogP contribution is 2.04. The van der Waals surface area contributed by atoms with Gasteiger partial charge in [0.15, 0.2) is 0 Å². The van der Waals surface area contributed by atoms with Crippen LogP contribution >= 0.6 is 0 Å². The molecule has 0 bridgehead atoms. The Morgan fingerprint density at radius 2 is 1.89 bits per heavy atom. The third-order valence-electron chi connectivity index (χ3n) is 2.55. The molecular formula is C13H26N4O2. The van der Waals surface area contributed by atoms with Crippen LogP contribution in [0.3, 0.4) is 0 Å². The van der Waals surface area contributed by atoms with Crippen LogP contribution in [0.15, 0.2) is 4.42 Å². The van der Waals surface area contributed by atoms with Gasteiger partial charge in [0.05, 0.1) is 6.54 Å². The van der Waals surface area contributed by atoms with Crippen LogP contribution in [0.2, 0.25) is 0 Å². The van der Waals surface area contributed by atoms with Gasteiger partial charge >= 0.3 is 6.01 Å². The van der Waals surface area contributed by atoms with E-state index in [1.807, 2.05) is 0 Å². The Hall–Kier alpha value is -1.14. The van der Waals surface area contributed by atoms with Crippen LogP contribution in [0.25, 0.3) is 0 Å². The number of hydrogen-bond acceptors (Lipinski definition) is 6. The summed E-state index contributed by atoms with van der Waals surface area (Å²) in [5.41, 5.74) is 0. The number of nitrogens with zero attached hydrogens (tertiary/aromatic N) is 2. The number of nitrogens with one attached hydrogen (secondary N) is 2. The largest absolute Gasteiger partial charge is 0.407 e. The summed E-state index contributed by atoms with van der Waals surface area (Å²) in [6.45, 7) is 8.28. The molecule has 6 heteroatoms. The lowest BCUT2D eigenvalue weighted by molar-refractivity contribution is 0.131.